The van der Waals surface area contributed by atoms with Crippen molar-refractivity contribution in [3.05, 3.63) is 123 Å². The SMILES string of the molecule is Cc1cc(=O)c(C(=O)NCc2cccnc2)c2n1-c1ccccc1SC(c1ccc(F)c(F)c1)C2. The summed E-state index contributed by atoms with van der Waals surface area (Å²) >= 11 is 1.50. The van der Waals surface area contributed by atoms with E-state index in [1.165, 1.54) is 23.9 Å². The van der Waals surface area contributed by atoms with Gasteiger partial charge in [-0.1, -0.05) is 24.3 Å². The van der Waals surface area contributed by atoms with Gasteiger partial charge in [-0.3, -0.25) is 14.6 Å². The molecule has 2 aromatic carbocycles. The Bertz CT molecular complexity index is 1490. The monoisotopic (exact) mass is 489 g/mol. The fourth-order valence-corrected chi connectivity index (χ4v) is 5.62. The molecule has 5 rings (SSSR count). The van der Waals surface area contributed by atoms with Crippen molar-refractivity contribution in [1.82, 2.24) is 14.9 Å². The Morgan fingerprint density at radius 1 is 1.11 bits per heavy atom. The molecular formula is C27H21F2N3O2S. The number of fused-ring (bicyclic) bond motifs is 3. The highest BCUT2D eigenvalue weighted by Crippen LogP contribution is 2.44. The van der Waals surface area contributed by atoms with Gasteiger partial charge in [0.25, 0.3) is 5.91 Å². The molecule has 0 radical (unpaired) electrons. The van der Waals surface area contributed by atoms with Crippen LogP contribution in [0.4, 0.5) is 8.78 Å². The van der Waals surface area contributed by atoms with Crippen molar-refractivity contribution in [3.63, 3.8) is 0 Å². The Labute approximate surface area is 204 Å². The van der Waals surface area contributed by atoms with E-state index in [1.807, 2.05) is 41.8 Å². The predicted molar refractivity (Wildman–Crippen MR) is 131 cm³/mol. The van der Waals surface area contributed by atoms with Gasteiger partial charge >= 0.3 is 0 Å². The predicted octanol–water partition coefficient (Wildman–Crippen LogP) is 5.14. The van der Waals surface area contributed by atoms with Gasteiger partial charge in [-0.05, 0) is 48.4 Å². The van der Waals surface area contributed by atoms with E-state index in [0.717, 1.165) is 22.2 Å². The van der Waals surface area contributed by atoms with E-state index in [-0.39, 0.29) is 29.2 Å². The summed E-state index contributed by atoms with van der Waals surface area (Å²) in [7, 11) is 0. The minimum absolute atomic E-state index is 0.0457. The molecule has 1 amide bonds. The molecule has 0 saturated heterocycles. The lowest BCUT2D eigenvalue weighted by atomic mass is 10.0. The van der Waals surface area contributed by atoms with Crippen molar-refractivity contribution >= 4 is 17.7 Å². The fraction of sp³-hybridized carbons (Fsp3) is 0.148. The van der Waals surface area contributed by atoms with E-state index in [0.29, 0.717) is 17.0 Å². The number of aryl methyl sites for hydroxylation is 1. The van der Waals surface area contributed by atoms with Crippen LogP contribution in [0, 0.1) is 18.6 Å². The summed E-state index contributed by atoms with van der Waals surface area (Å²) in [5, 5.41) is 2.49. The molecule has 3 heterocycles. The van der Waals surface area contributed by atoms with Crippen molar-refractivity contribution in [1.29, 1.82) is 0 Å². The number of carbonyl (C=O) groups is 1. The first kappa shape index (κ1) is 23.0. The molecule has 1 unspecified atom stereocenters. The molecule has 35 heavy (non-hydrogen) atoms. The second-order valence-electron chi connectivity index (χ2n) is 8.30. The second kappa shape index (κ2) is 9.46. The Balaban J connectivity index is 1.64. The lowest BCUT2D eigenvalue weighted by molar-refractivity contribution is 0.0948. The number of nitrogens with zero attached hydrogens (tertiary/aromatic N) is 2. The van der Waals surface area contributed by atoms with Gasteiger partial charge in [0.1, 0.15) is 5.56 Å². The van der Waals surface area contributed by atoms with Crippen molar-refractivity contribution in [2.75, 3.05) is 0 Å². The third kappa shape index (κ3) is 4.49. The minimum Gasteiger partial charge on any atom is -0.348 e. The third-order valence-corrected chi connectivity index (χ3v) is 7.29. The van der Waals surface area contributed by atoms with E-state index in [9.17, 15) is 18.4 Å². The quantitative estimate of drug-likeness (QED) is 0.431. The molecule has 8 heteroatoms. The summed E-state index contributed by atoms with van der Waals surface area (Å²) in [4.78, 5) is 31.4. The van der Waals surface area contributed by atoms with Crippen molar-refractivity contribution in [2.45, 2.75) is 30.0 Å². The number of hydrogen-bond acceptors (Lipinski definition) is 4. The molecule has 0 fully saturated rings. The van der Waals surface area contributed by atoms with Crippen LogP contribution in [0.3, 0.4) is 0 Å². The van der Waals surface area contributed by atoms with Crippen molar-refractivity contribution < 1.29 is 13.6 Å². The van der Waals surface area contributed by atoms with Gasteiger partial charge in [0, 0.05) is 53.0 Å². The lowest BCUT2D eigenvalue weighted by Crippen LogP contribution is -2.32. The van der Waals surface area contributed by atoms with Crippen LogP contribution < -0.4 is 10.7 Å². The van der Waals surface area contributed by atoms with Gasteiger partial charge in [0.15, 0.2) is 17.1 Å². The second-order valence-corrected chi connectivity index (χ2v) is 9.55. The number of amides is 1. The largest absolute Gasteiger partial charge is 0.348 e. The van der Waals surface area contributed by atoms with Gasteiger partial charge in [-0.25, -0.2) is 8.78 Å². The van der Waals surface area contributed by atoms with Crippen LogP contribution in [0.25, 0.3) is 5.69 Å². The number of carbonyl (C=O) groups excluding carboxylic acids is 1. The van der Waals surface area contributed by atoms with Crippen LogP contribution in [0.5, 0.6) is 0 Å². The molecule has 0 saturated carbocycles. The van der Waals surface area contributed by atoms with Crippen LogP contribution >= 0.6 is 11.8 Å². The summed E-state index contributed by atoms with van der Waals surface area (Å²) < 4.78 is 29.7. The number of halogens is 2. The Morgan fingerprint density at radius 2 is 1.94 bits per heavy atom. The highest BCUT2D eigenvalue weighted by molar-refractivity contribution is 7.99. The Kier molecular flexibility index (Phi) is 6.21. The average Bonchev–Trinajstić information content (AvgIpc) is 3.02. The van der Waals surface area contributed by atoms with Crippen LogP contribution in [0.2, 0.25) is 0 Å². The zero-order valence-corrected chi connectivity index (χ0v) is 19.6. The van der Waals surface area contributed by atoms with E-state index in [1.54, 1.807) is 24.5 Å². The Morgan fingerprint density at radius 3 is 2.71 bits per heavy atom. The molecule has 2 aromatic heterocycles. The molecule has 0 spiro atoms. The number of pyridine rings is 2. The van der Waals surface area contributed by atoms with E-state index in [2.05, 4.69) is 10.3 Å². The molecular weight excluding hydrogens is 468 g/mol. The van der Waals surface area contributed by atoms with Gasteiger partial charge in [-0.2, -0.15) is 0 Å². The summed E-state index contributed by atoms with van der Waals surface area (Å²) in [6.07, 6.45) is 3.57. The smallest absolute Gasteiger partial charge is 0.257 e. The number of rotatable bonds is 4. The molecule has 0 aliphatic carbocycles. The third-order valence-electron chi connectivity index (χ3n) is 5.97. The fourth-order valence-electron chi connectivity index (χ4n) is 4.35. The molecule has 176 valence electrons. The van der Waals surface area contributed by atoms with E-state index < -0.39 is 17.5 Å². The molecule has 5 nitrogen and oxygen atoms in total. The van der Waals surface area contributed by atoms with Crippen LogP contribution in [-0.4, -0.2) is 15.5 Å². The van der Waals surface area contributed by atoms with Crippen molar-refractivity contribution in [2.24, 2.45) is 0 Å². The summed E-state index contributed by atoms with van der Waals surface area (Å²) in [6, 6.07) is 16.6. The highest BCUT2D eigenvalue weighted by Gasteiger charge is 2.29. The van der Waals surface area contributed by atoms with Gasteiger partial charge in [0.05, 0.1) is 5.69 Å². The topological polar surface area (TPSA) is 64.0 Å². The highest BCUT2D eigenvalue weighted by atomic mass is 32.2. The normalized spacial score (nSPS) is 14.5. The van der Waals surface area contributed by atoms with E-state index in [4.69, 9.17) is 0 Å². The maximum atomic E-state index is 14.1. The molecule has 1 aliphatic heterocycles. The molecule has 1 N–H and O–H groups in total. The zero-order valence-electron chi connectivity index (χ0n) is 18.8. The Hall–Kier alpha value is -3.78. The van der Waals surface area contributed by atoms with Gasteiger partial charge in [-0.15, -0.1) is 11.8 Å². The summed E-state index contributed by atoms with van der Waals surface area (Å²) in [5.41, 5.74) is 3.10. The summed E-state index contributed by atoms with van der Waals surface area (Å²) in [6.45, 7) is 2.04. The van der Waals surface area contributed by atoms with Crippen LogP contribution in [-0.2, 0) is 13.0 Å². The number of benzene rings is 2. The summed E-state index contributed by atoms with van der Waals surface area (Å²) in [5.74, 6) is -2.34. The molecule has 4 aromatic rings. The molecule has 0 bridgehead atoms. The van der Waals surface area contributed by atoms with E-state index >= 15 is 0 Å². The first-order valence-corrected chi connectivity index (χ1v) is 11.9. The molecule has 1 aliphatic rings. The van der Waals surface area contributed by atoms with Crippen molar-refractivity contribution in [3.8, 4) is 5.69 Å². The standard InChI is InChI=1S/C27H21F2N3O2S/c1-16-11-23(33)26(27(34)31-15-17-5-4-10-30-14-17)22-13-25(18-8-9-19(28)20(29)12-18)35-24-7-3-2-6-21(24)32(16)22/h2-12,14,25H,13,15H2,1H3,(H,31,34). The lowest BCUT2D eigenvalue weighted by Gasteiger charge is -2.20. The molecule has 1 atom stereocenters. The first-order chi connectivity index (χ1) is 16.9. The minimum atomic E-state index is -0.934. The zero-order chi connectivity index (χ0) is 24.5. The van der Waals surface area contributed by atoms with Crippen LogP contribution in [0.15, 0.2) is 82.7 Å². The maximum Gasteiger partial charge on any atom is 0.257 e. The first-order valence-electron chi connectivity index (χ1n) is 11.1. The maximum absolute atomic E-state index is 14.1. The number of aromatic nitrogens is 2. The van der Waals surface area contributed by atoms with Gasteiger partial charge in [0.2, 0.25) is 0 Å². The number of para-hydroxylation sites is 1. The average molecular weight is 490 g/mol. The van der Waals surface area contributed by atoms with Gasteiger partial charge < -0.3 is 9.88 Å². The number of nitrogens with one attached hydrogen (secondary N) is 1. The number of hydrogen-bond donors (Lipinski definition) is 1. The number of thioether (sulfide) groups is 1. The van der Waals surface area contributed by atoms with Crippen LogP contribution in [0.1, 0.15) is 38.1 Å².